The Labute approximate surface area is 116 Å². The number of aromatic amines is 1. The van der Waals surface area contributed by atoms with Crippen molar-refractivity contribution < 1.29 is 0 Å². The lowest BCUT2D eigenvalue weighted by molar-refractivity contribution is 1.14. The summed E-state index contributed by atoms with van der Waals surface area (Å²) in [7, 11) is 0. The number of aryl methyl sites for hydroxylation is 2. The summed E-state index contributed by atoms with van der Waals surface area (Å²) >= 11 is 6.01. The molecule has 0 unspecified atom stereocenters. The quantitative estimate of drug-likeness (QED) is 0.712. The van der Waals surface area contributed by atoms with Gasteiger partial charge in [0, 0.05) is 17.1 Å². The molecule has 96 valence electrons. The Kier molecular flexibility index (Phi) is 2.99. The van der Waals surface area contributed by atoms with Crippen LogP contribution >= 0.6 is 11.6 Å². The second-order valence-electron chi connectivity index (χ2n) is 4.59. The van der Waals surface area contributed by atoms with Crippen LogP contribution in [0.15, 0.2) is 30.5 Å². The summed E-state index contributed by atoms with van der Waals surface area (Å²) in [5, 5.41) is 1.31. The minimum atomic E-state index is 0.270. The topological polar surface area (TPSA) is 41.6 Å². The molecule has 0 aliphatic rings. The van der Waals surface area contributed by atoms with Gasteiger partial charge in [0.05, 0.1) is 5.69 Å². The first-order valence-corrected chi connectivity index (χ1v) is 6.67. The molecule has 0 amide bonds. The van der Waals surface area contributed by atoms with E-state index < -0.39 is 0 Å². The number of benzene rings is 1. The predicted molar refractivity (Wildman–Crippen MR) is 78.4 cm³/mol. The van der Waals surface area contributed by atoms with E-state index in [-0.39, 0.29) is 5.28 Å². The van der Waals surface area contributed by atoms with E-state index >= 15 is 0 Å². The molecule has 0 aliphatic carbocycles. The third-order valence-electron chi connectivity index (χ3n) is 3.31. The molecule has 0 atom stereocenters. The van der Waals surface area contributed by atoms with Crippen LogP contribution in [0.5, 0.6) is 0 Å². The van der Waals surface area contributed by atoms with E-state index in [1.54, 1.807) is 0 Å². The molecule has 4 heteroatoms. The van der Waals surface area contributed by atoms with Gasteiger partial charge in [-0.25, -0.2) is 4.98 Å². The van der Waals surface area contributed by atoms with Crippen LogP contribution in [-0.2, 0) is 6.42 Å². The molecule has 0 radical (unpaired) electrons. The van der Waals surface area contributed by atoms with Crippen LogP contribution in [0.2, 0.25) is 5.28 Å². The summed E-state index contributed by atoms with van der Waals surface area (Å²) in [6, 6.07) is 8.39. The van der Waals surface area contributed by atoms with Crippen molar-refractivity contribution in [3.8, 4) is 11.3 Å². The van der Waals surface area contributed by atoms with Crippen LogP contribution in [0, 0.1) is 6.92 Å². The first kappa shape index (κ1) is 12.2. The van der Waals surface area contributed by atoms with Gasteiger partial charge in [-0.1, -0.05) is 25.1 Å². The SMILES string of the molecule is CCc1cccc(-c2nc(Cl)nc3[nH]cc(C)c23)c1. The summed E-state index contributed by atoms with van der Waals surface area (Å²) in [6.45, 7) is 4.19. The zero-order valence-electron chi connectivity index (χ0n) is 10.9. The van der Waals surface area contributed by atoms with Gasteiger partial charge in [-0.3, -0.25) is 0 Å². The summed E-state index contributed by atoms with van der Waals surface area (Å²) in [5.41, 5.74) is 5.17. The molecule has 2 aromatic heterocycles. The minimum absolute atomic E-state index is 0.270. The Balaban J connectivity index is 2.31. The average molecular weight is 272 g/mol. The van der Waals surface area contributed by atoms with Gasteiger partial charge in [0.25, 0.3) is 0 Å². The second kappa shape index (κ2) is 4.67. The Morgan fingerprint density at radius 2 is 2.11 bits per heavy atom. The van der Waals surface area contributed by atoms with Crippen LogP contribution in [0.3, 0.4) is 0 Å². The molecule has 1 N–H and O–H groups in total. The van der Waals surface area contributed by atoms with Crippen molar-refractivity contribution in [2.24, 2.45) is 0 Å². The first-order chi connectivity index (χ1) is 9.19. The molecule has 0 saturated heterocycles. The van der Waals surface area contributed by atoms with Crippen molar-refractivity contribution in [1.82, 2.24) is 15.0 Å². The summed E-state index contributed by atoms with van der Waals surface area (Å²) in [4.78, 5) is 11.8. The predicted octanol–water partition coefficient (Wildman–Crippen LogP) is 4.15. The molecule has 2 heterocycles. The molecule has 0 bridgehead atoms. The van der Waals surface area contributed by atoms with Gasteiger partial charge in [0.15, 0.2) is 0 Å². The van der Waals surface area contributed by atoms with E-state index in [0.717, 1.165) is 34.3 Å². The number of halogens is 1. The van der Waals surface area contributed by atoms with Gasteiger partial charge in [0.1, 0.15) is 5.65 Å². The lowest BCUT2D eigenvalue weighted by atomic mass is 10.0. The maximum absolute atomic E-state index is 6.01. The maximum atomic E-state index is 6.01. The zero-order valence-corrected chi connectivity index (χ0v) is 11.6. The van der Waals surface area contributed by atoms with Gasteiger partial charge in [-0.05, 0) is 42.1 Å². The highest BCUT2D eigenvalue weighted by molar-refractivity contribution is 6.28. The Morgan fingerprint density at radius 3 is 2.89 bits per heavy atom. The second-order valence-corrected chi connectivity index (χ2v) is 4.93. The summed E-state index contributed by atoms with van der Waals surface area (Å²) in [5.74, 6) is 0. The molecule has 1 aromatic carbocycles. The van der Waals surface area contributed by atoms with Crippen LogP contribution in [0.1, 0.15) is 18.1 Å². The fourth-order valence-electron chi connectivity index (χ4n) is 2.31. The van der Waals surface area contributed by atoms with E-state index in [1.807, 2.05) is 13.1 Å². The van der Waals surface area contributed by atoms with Crippen molar-refractivity contribution >= 4 is 22.6 Å². The largest absolute Gasteiger partial charge is 0.346 e. The van der Waals surface area contributed by atoms with Gasteiger partial charge < -0.3 is 4.98 Å². The standard InChI is InChI=1S/C15H14ClN3/c1-3-10-5-4-6-11(7-10)13-12-9(2)8-17-14(12)19-15(16)18-13/h4-8H,3H2,1-2H3,(H,17,18,19). The number of hydrogen-bond acceptors (Lipinski definition) is 2. The molecular formula is C15H14ClN3. The first-order valence-electron chi connectivity index (χ1n) is 6.29. The van der Waals surface area contributed by atoms with E-state index in [2.05, 4.69) is 46.1 Å². The summed E-state index contributed by atoms with van der Waals surface area (Å²) in [6.07, 6.45) is 2.94. The third kappa shape index (κ3) is 2.10. The van der Waals surface area contributed by atoms with Gasteiger partial charge in [-0.2, -0.15) is 4.98 Å². The normalized spacial score (nSPS) is 11.1. The Hall–Kier alpha value is -1.87. The molecule has 3 nitrogen and oxygen atoms in total. The van der Waals surface area contributed by atoms with E-state index in [9.17, 15) is 0 Å². The van der Waals surface area contributed by atoms with Crippen LogP contribution in [0.4, 0.5) is 0 Å². The molecule has 3 rings (SSSR count). The number of fused-ring (bicyclic) bond motifs is 1. The Bertz CT molecular complexity index is 746. The lowest BCUT2D eigenvalue weighted by Crippen LogP contribution is -1.91. The molecular weight excluding hydrogens is 258 g/mol. The fourth-order valence-corrected chi connectivity index (χ4v) is 2.48. The van der Waals surface area contributed by atoms with Crippen molar-refractivity contribution in [2.45, 2.75) is 20.3 Å². The molecule has 3 aromatic rings. The highest BCUT2D eigenvalue weighted by Crippen LogP contribution is 2.29. The van der Waals surface area contributed by atoms with E-state index in [0.29, 0.717) is 0 Å². The van der Waals surface area contributed by atoms with Crippen LogP contribution < -0.4 is 0 Å². The van der Waals surface area contributed by atoms with E-state index in [4.69, 9.17) is 11.6 Å². The lowest BCUT2D eigenvalue weighted by Gasteiger charge is -2.06. The fraction of sp³-hybridized carbons (Fsp3) is 0.200. The zero-order chi connectivity index (χ0) is 13.4. The average Bonchev–Trinajstić information content (AvgIpc) is 2.79. The number of hydrogen-bond donors (Lipinski definition) is 1. The van der Waals surface area contributed by atoms with Crippen molar-refractivity contribution in [3.63, 3.8) is 0 Å². The van der Waals surface area contributed by atoms with Gasteiger partial charge in [0.2, 0.25) is 5.28 Å². The van der Waals surface area contributed by atoms with Gasteiger partial charge in [-0.15, -0.1) is 0 Å². The molecule has 0 aliphatic heterocycles. The number of rotatable bonds is 2. The third-order valence-corrected chi connectivity index (χ3v) is 3.48. The van der Waals surface area contributed by atoms with Crippen LogP contribution in [-0.4, -0.2) is 15.0 Å². The molecule has 0 spiro atoms. The molecule has 0 fully saturated rings. The van der Waals surface area contributed by atoms with E-state index in [1.165, 1.54) is 5.56 Å². The highest BCUT2D eigenvalue weighted by atomic mass is 35.5. The molecule has 19 heavy (non-hydrogen) atoms. The number of H-pyrrole nitrogens is 1. The number of nitrogens with one attached hydrogen (secondary N) is 1. The number of nitrogens with zero attached hydrogens (tertiary/aromatic N) is 2. The monoisotopic (exact) mass is 271 g/mol. The highest BCUT2D eigenvalue weighted by Gasteiger charge is 2.12. The minimum Gasteiger partial charge on any atom is -0.346 e. The van der Waals surface area contributed by atoms with Crippen molar-refractivity contribution in [1.29, 1.82) is 0 Å². The summed E-state index contributed by atoms with van der Waals surface area (Å²) < 4.78 is 0. The molecule has 0 saturated carbocycles. The van der Waals surface area contributed by atoms with Gasteiger partial charge >= 0.3 is 0 Å². The number of aromatic nitrogens is 3. The van der Waals surface area contributed by atoms with Crippen molar-refractivity contribution in [3.05, 3.63) is 46.9 Å². The maximum Gasteiger partial charge on any atom is 0.224 e. The van der Waals surface area contributed by atoms with Crippen molar-refractivity contribution in [2.75, 3.05) is 0 Å². The van der Waals surface area contributed by atoms with Crippen LogP contribution in [0.25, 0.3) is 22.3 Å². The Morgan fingerprint density at radius 1 is 1.26 bits per heavy atom. The smallest absolute Gasteiger partial charge is 0.224 e.